The predicted molar refractivity (Wildman–Crippen MR) is 57.4 cm³/mol. The van der Waals surface area contributed by atoms with Gasteiger partial charge in [-0.05, 0) is 17.7 Å². The molecule has 16 heavy (non-hydrogen) atoms. The van der Waals surface area contributed by atoms with Gasteiger partial charge < -0.3 is 10.5 Å². The number of carbonyl (C=O) groups is 1. The van der Waals surface area contributed by atoms with Crippen LogP contribution in [-0.4, -0.2) is 25.0 Å². The lowest BCUT2D eigenvalue weighted by Crippen LogP contribution is -2.34. The van der Waals surface area contributed by atoms with Gasteiger partial charge in [0.15, 0.2) is 0 Å². The Bertz CT molecular complexity index is 377. The van der Waals surface area contributed by atoms with E-state index in [0.29, 0.717) is 19.6 Å². The van der Waals surface area contributed by atoms with Crippen molar-refractivity contribution < 1.29 is 13.9 Å². The van der Waals surface area contributed by atoms with Crippen LogP contribution in [0.1, 0.15) is 5.56 Å². The van der Waals surface area contributed by atoms with Crippen molar-refractivity contribution in [2.24, 2.45) is 11.7 Å². The molecule has 1 aromatic carbocycles. The molecule has 1 fully saturated rings. The summed E-state index contributed by atoms with van der Waals surface area (Å²) in [5.74, 6) is -0.446. The average molecular weight is 223 g/mol. The van der Waals surface area contributed by atoms with E-state index >= 15 is 0 Å². The normalized spacial score (nSPS) is 24.6. The number of benzene rings is 1. The standard InChI is InChI=1S/C12H14FNO2/c13-9-3-1-8(2-4-9)5-12(15)10-6-16-7-11(10)14/h1-4,10-11H,5-7,14H2. The Hall–Kier alpha value is -1.26. The average Bonchev–Trinajstić information content (AvgIpc) is 2.68. The molecule has 0 amide bonds. The summed E-state index contributed by atoms with van der Waals surface area (Å²) in [7, 11) is 0. The highest BCUT2D eigenvalue weighted by molar-refractivity contribution is 5.84. The van der Waals surface area contributed by atoms with Crippen molar-refractivity contribution in [1.82, 2.24) is 0 Å². The largest absolute Gasteiger partial charge is 0.379 e. The molecule has 1 heterocycles. The maximum atomic E-state index is 12.7. The van der Waals surface area contributed by atoms with Crippen LogP contribution >= 0.6 is 0 Å². The third-order valence-corrected chi connectivity index (χ3v) is 2.83. The number of carbonyl (C=O) groups excluding carboxylic acids is 1. The highest BCUT2D eigenvalue weighted by Gasteiger charge is 2.30. The lowest BCUT2D eigenvalue weighted by Gasteiger charge is -2.11. The monoisotopic (exact) mass is 223 g/mol. The molecule has 0 aromatic heterocycles. The van der Waals surface area contributed by atoms with E-state index < -0.39 is 0 Å². The molecule has 2 N–H and O–H groups in total. The highest BCUT2D eigenvalue weighted by Crippen LogP contribution is 2.15. The Morgan fingerprint density at radius 3 is 2.62 bits per heavy atom. The Labute approximate surface area is 93.4 Å². The second-order valence-electron chi connectivity index (χ2n) is 4.08. The molecule has 3 nitrogen and oxygen atoms in total. The first-order chi connectivity index (χ1) is 7.66. The van der Waals surface area contributed by atoms with Gasteiger partial charge in [0.1, 0.15) is 11.6 Å². The van der Waals surface area contributed by atoms with E-state index in [4.69, 9.17) is 10.5 Å². The summed E-state index contributed by atoms with van der Waals surface area (Å²) in [4.78, 5) is 11.9. The van der Waals surface area contributed by atoms with Crippen LogP contribution in [0.25, 0.3) is 0 Å². The van der Waals surface area contributed by atoms with Gasteiger partial charge >= 0.3 is 0 Å². The van der Waals surface area contributed by atoms with Crippen molar-refractivity contribution >= 4 is 5.78 Å². The molecule has 4 heteroatoms. The SMILES string of the molecule is NC1COCC1C(=O)Cc1ccc(F)cc1. The summed E-state index contributed by atoms with van der Waals surface area (Å²) in [6.07, 6.45) is 0.294. The number of nitrogens with two attached hydrogens (primary N) is 1. The first kappa shape index (κ1) is 11.2. The van der Waals surface area contributed by atoms with Crippen LogP contribution < -0.4 is 5.73 Å². The number of rotatable bonds is 3. The fourth-order valence-electron chi connectivity index (χ4n) is 1.84. The molecule has 0 spiro atoms. The van der Waals surface area contributed by atoms with Crippen LogP contribution in [0, 0.1) is 11.7 Å². The first-order valence-corrected chi connectivity index (χ1v) is 5.27. The lowest BCUT2D eigenvalue weighted by atomic mass is 9.94. The van der Waals surface area contributed by atoms with Gasteiger partial charge in [-0.3, -0.25) is 4.79 Å². The zero-order chi connectivity index (χ0) is 11.5. The van der Waals surface area contributed by atoms with Crippen molar-refractivity contribution in [1.29, 1.82) is 0 Å². The van der Waals surface area contributed by atoms with Gasteiger partial charge in [0, 0.05) is 12.5 Å². The van der Waals surface area contributed by atoms with E-state index in [-0.39, 0.29) is 23.6 Å². The van der Waals surface area contributed by atoms with E-state index in [0.717, 1.165) is 5.56 Å². The summed E-state index contributed by atoms with van der Waals surface area (Å²) in [5.41, 5.74) is 6.56. The molecule has 0 aliphatic carbocycles. The van der Waals surface area contributed by atoms with E-state index in [9.17, 15) is 9.18 Å². The molecule has 1 aromatic rings. The summed E-state index contributed by atoms with van der Waals surface area (Å²) < 4.78 is 17.8. The van der Waals surface area contributed by atoms with Gasteiger partial charge in [-0.2, -0.15) is 0 Å². The molecule has 1 aliphatic heterocycles. The van der Waals surface area contributed by atoms with Gasteiger partial charge in [-0.1, -0.05) is 12.1 Å². The number of ketones is 1. The Morgan fingerprint density at radius 2 is 2.06 bits per heavy atom. The van der Waals surface area contributed by atoms with Crippen LogP contribution in [-0.2, 0) is 16.0 Å². The summed E-state index contributed by atoms with van der Waals surface area (Å²) in [6.45, 7) is 0.848. The molecule has 0 saturated carbocycles. The molecule has 0 bridgehead atoms. The Morgan fingerprint density at radius 1 is 1.38 bits per heavy atom. The first-order valence-electron chi connectivity index (χ1n) is 5.27. The zero-order valence-electron chi connectivity index (χ0n) is 8.86. The summed E-state index contributed by atoms with van der Waals surface area (Å²) in [5, 5.41) is 0. The van der Waals surface area contributed by atoms with Crippen LogP contribution in [0.4, 0.5) is 4.39 Å². The minimum absolute atomic E-state index is 0.0663. The highest BCUT2D eigenvalue weighted by atomic mass is 19.1. The Balaban J connectivity index is 1.99. The summed E-state index contributed by atoms with van der Waals surface area (Å²) in [6, 6.07) is 5.75. The minimum Gasteiger partial charge on any atom is -0.379 e. The number of hydrogen-bond donors (Lipinski definition) is 1. The van der Waals surface area contributed by atoms with Crippen molar-refractivity contribution in [3.05, 3.63) is 35.6 Å². The van der Waals surface area contributed by atoms with Crippen molar-refractivity contribution in [2.45, 2.75) is 12.5 Å². The van der Waals surface area contributed by atoms with Crippen molar-refractivity contribution in [3.63, 3.8) is 0 Å². The van der Waals surface area contributed by atoms with E-state index in [1.165, 1.54) is 12.1 Å². The quantitative estimate of drug-likeness (QED) is 0.828. The molecule has 2 rings (SSSR count). The molecule has 1 saturated heterocycles. The Kier molecular flexibility index (Phi) is 3.31. The van der Waals surface area contributed by atoms with Crippen LogP contribution in [0.15, 0.2) is 24.3 Å². The lowest BCUT2D eigenvalue weighted by molar-refractivity contribution is -0.122. The maximum Gasteiger partial charge on any atom is 0.144 e. The topological polar surface area (TPSA) is 52.3 Å². The third-order valence-electron chi connectivity index (χ3n) is 2.83. The number of halogens is 1. The number of Topliss-reactive ketones (excluding diaryl/α,β-unsaturated/α-hetero) is 1. The van der Waals surface area contributed by atoms with Crippen LogP contribution in [0.3, 0.4) is 0 Å². The molecule has 1 aliphatic rings. The molecule has 2 unspecified atom stereocenters. The van der Waals surface area contributed by atoms with Gasteiger partial charge in [0.25, 0.3) is 0 Å². The van der Waals surface area contributed by atoms with Gasteiger partial charge in [0.05, 0.1) is 19.1 Å². The van der Waals surface area contributed by atoms with Crippen LogP contribution in [0.2, 0.25) is 0 Å². The fourth-order valence-corrected chi connectivity index (χ4v) is 1.84. The molecular formula is C12H14FNO2. The molecule has 86 valence electrons. The van der Waals surface area contributed by atoms with Crippen molar-refractivity contribution in [2.75, 3.05) is 13.2 Å². The predicted octanol–water partition coefficient (Wildman–Crippen LogP) is 0.911. The maximum absolute atomic E-state index is 12.7. The number of ether oxygens (including phenoxy) is 1. The van der Waals surface area contributed by atoms with Crippen molar-refractivity contribution in [3.8, 4) is 0 Å². The van der Waals surface area contributed by atoms with E-state index in [2.05, 4.69) is 0 Å². The second kappa shape index (κ2) is 4.72. The third kappa shape index (κ3) is 2.46. The second-order valence-corrected chi connectivity index (χ2v) is 4.08. The van der Waals surface area contributed by atoms with E-state index in [1.54, 1.807) is 12.1 Å². The zero-order valence-corrected chi connectivity index (χ0v) is 8.86. The van der Waals surface area contributed by atoms with Gasteiger partial charge in [-0.15, -0.1) is 0 Å². The number of hydrogen-bond acceptors (Lipinski definition) is 3. The summed E-state index contributed by atoms with van der Waals surface area (Å²) >= 11 is 0. The van der Waals surface area contributed by atoms with Gasteiger partial charge in [-0.25, -0.2) is 4.39 Å². The minimum atomic E-state index is -0.294. The molecular weight excluding hydrogens is 209 g/mol. The molecule has 2 atom stereocenters. The van der Waals surface area contributed by atoms with E-state index in [1.807, 2.05) is 0 Å². The van der Waals surface area contributed by atoms with Gasteiger partial charge in [0.2, 0.25) is 0 Å². The van der Waals surface area contributed by atoms with Crippen LogP contribution in [0.5, 0.6) is 0 Å². The fraction of sp³-hybridized carbons (Fsp3) is 0.417. The smallest absolute Gasteiger partial charge is 0.144 e. The molecule has 0 radical (unpaired) electrons.